The molecule has 0 radical (unpaired) electrons. The number of nitrogens with zero attached hydrogens (tertiary/aromatic N) is 2. The summed E-state index contributed by atoms with van der Waals surface area (Å²) in [4.78, 5) is 23.1. The van der Waals surface area contributed by atoms with Gasteiger partial charge in [0.1, 0.15) is 5.82 Å². The van der Waals surface area contributed by atoms with Gasteiger partial charge in [-0.2, -0.15) is 13.2 Å². The second kappa shape index (κ2) is 7.53. The lowest BCUT2D eigenvalue weighted by atomic mass is 10.1. The number of benzene rings is 1. The van der Waals surface area contributed by atoms with Crippen LogP contribution < -0.4 is 10.6 Å². The fourth-order valence-corrected chi connectivity index (χ4v) is 2.25. The van der Waals surface area contributed by atoms with Crippen LogP contribution in [0.5, 0.6) is 0 Å². The molecule has 12 heteroatoms. The number of hydrogen-bond acceptors (Lipinski definition) is 6. The Bertz CT molecular complexity index is 781. The number of aromatic nitrogens is 2. The summed E-state index contributed by atoms with van der Waals surface area (Å²) in [6.07, 6.45) is -5.98. The Balaban J connectivity index is 1.88. The Morgan fingerprint density at radius 2 is 1.96 bits per heavy atom. The smallest absolute Gasteiger partial charge is 0.387 e. The third kappa shape index (κ3) is 5.19. The summed E-state index contributed by atoms with van der Waals surface area (Å²) < 4.78 is 50.1. The zero-order chi connectivity index (χ0) is 18.6. The van der Waals surface area contributed by atoms with Crippen molar-refractivity contribution in [1.82, 2.24) is 15.5 Å². The molecule has 0 saturated carbocycles. The summed E-state index contributed by atoms with van der Waals surface area (Å²) in [7, 11) is 0. The minimum Gasteiger partial charge on any atom is -0.387 e. The van der Waals surface area contributed by atoms with Gasteiger partial charge in [-0.05, 0) is 17.7 Å². The second-order valence-electron chi connectivity index (χ2n) is 4.65. The highest BCUT2D eigenvalue weighted by molar-refractivity contribution is 7.15. The molecule has 1 aromatic heterocycles. The largest absolute Gasteiger partial charge is 0.445 e. The third-order valence-electron chi connectivity index (χ3n) is 2.78. The Kier molecular flexibility index (Phi) is 5.64. The lowest BCUT2D eigenvalue weighted by Crippen LogP contribution is -2.37. The first kappa shape index (κ1) is 18.7. The number of nitrogens with one attached hydrogen (secondary N) is 2. The van der Waals surface area contributed by atoms with Gasteiger partial charge in [-0.25, -0.2) is 4.39 Å². The molecule has 2 rings (SSSR count). The van der Waals surface area contributed by atoms with Crippen molar-refractivity contribution < 1.29 is 32.3 Å². The second-order valence-corrected chi connectivity index (χ2v) is 5.62. The zero-order valence-electron chi connectivity index (χ0n) is 12.2. The van der Waals surface area contributed by atoms with Crippen molar-refractivity contribution >= 4 is 28.3 Å². The minimum atomic E-state index is -4.71. The summed E-state index contributed by atoms with van der Waals surface area (Å²) in [5.74, 6) is -3.08. The van der Waals surface area contributed by atoms with Crippen molar-refractivity contribution in [2.24, 2.45) is 0 Å². The van der Waals surface area contributed by atoms with Crippen molar-refractivity contribution in [1.29, 1.82) is 0 Å². The van der Waals surface area contributed by atoms with Crippen LogP contribution in [0.15, 0.2) is 24.3 Å². The third-order valence-corrected chi connectivity index (χ3v) is 3.67. The number of rotatable bonds is 4. The number of hydrogen-bond donors (Lipinski definition) is 3. The van der Waals surface area contributed by atoms with Crippen LogP contribution in [-0.2, 0) is 15.8 Å². The maximum atomic E-state index is 13.0. The molecule has 2 aromatic rings. The molecule has 0 aliphatic rings. The van der Waals surface area contributed by atoms with E-state index in [1.54, 1.807) is 0 Å². The van der Waals surface area contributed by atoms with Gasteiger partial charge in [0.15, 0.2) is 0 Å². The van der Waals surface area contributed by atoms with E-state index in [0.717, 1.165) is 6.07 Å². The number of halogens is 4. The standard InChI is InChI=1S/C13H10F4N4O3S/c14-7-3-1-2-6(4-7)8(22)5-18-9(23)10(24)19-12-21-20-11(25-12)13(15,16)17/h1-4,8,22H,5H2,(H,18,23)(H,19,21,24). The van der Waals surface area contributed by atoms with E-state index in [4.69, 9.17) is 0 Å². The lowest BCUT2D eigenvalue weighted by Gasteiger charge is -2.11. The first-order valence-corrected chi connectivity index (χ1v) is 7.42. The van der Waals surface area contributed by atoms with E-state index in [9.17, 15) is 32.3 Å². The van der Waals surface area contributed by atoms with E-state index < -0.39 is 46.6 Å². The van der Waals surface area contributed by atoms with Crippen LogP contribution in [-0.4, -0.2) is 33.7 Å². The molecule has 0 aliphatic carbocycles. The van der Waals surface area contributed by atoms with Gasteiger partial charge in [-0.1, -0.05) is 23.5 Å². The van der Waals surface area contributed by atoms with E-state index in [2.05, 4.69) is 15.5 Å². The van der Waals surface area contributed by atoms with E-state index >= 15 is 0 Å². The Morgan fingerprint density at radius 1 is 1.24 bits per heavy atom. The summed E-state index contributed by atoms with van der Waals surface area (Å²) in [6, 6.07) is 4.99. The Labute approximate surface area is 141 Å². The van der Waals surface area contributed by atoms with E-state index in [-0.39, 0.29) is 16.9 Å². The monoisotopic (exact) mass is 378 g/mol. The molecule has 134 valence electrons. The van der Waals surface area contributed by atoms with Gasteiger partial charge in [0, 0.05) is 6.54 Å². The van der Waals surface area contributed by atoms with E-state index in [1.807, 2.05) is 5.32 Å². The molecule has 1 atom stereocenters. The fourth-order valence-electron chi connectivity index (χ4n) is 1.64. The topological polar surface area (TPSA) is 104 Å². The molecule has 25 heavy (non-hydrogen) atoms. The van der Waals surface area contributed by atoms with Crippen molar-refractivity contribution in [3.05, 3.63) is 40.7 Å². The van der Waals surface area contributed by atoms with Crippen LogP contribution in [0.1, 0.15) is 16.7 Å². The number of alkyl halides is 3. The van der Waals surface area contributed by atoms with Crippen LogP contribution in [0.2, 0.25) is 0 Å². The number of anilines is 1. The molecule has 1 unspecified atom stereocenters. The van der Waals surface area contributed by atoms with Crippen LogP contribution in [0.25, 0.3) is 0 Å². The Morgan fingerprint density at radius 3 is 2.56 bits per heavy atom. The average Bonchev–Trinajstić information content (AvgIpc) is 3.01. The van der Waals surface area contributed by atoms with Crippen molar-refractivity contribution in [3.8, 4) is 0 Å². The summed E-state index contributed by atoms with van der Waals surface area (Å²) in [6.45, 7) is -0.403. The maximum absolute atomic E-state index is 13.0. The first-order valence-electron chi connectivity index (χ1n) is 6.60. The molecule has 7 nitrogen and oxygen atoms in total. The van der Waals surface area contributed by atoms with Gasteiger partial charge in [-0.3, -0.25) is 14.9 Å². The van der Waals surface area contributed by atoms with Crippen LogP contribution >= 0.6 is 11.3 Å². The lowest BCUT2D eigenvalue weighted by molar-refractivity contribution is -0.138. The highest BCUT2D eigenvalue weighted by Crippen LogP contribution is 2.32. The highest BCUT2D eigenvalue weighted by atomic mass is 32.1. The summed E-state index contributed by atoms with van der Waals surface area (Å²) >= 11 is 0.0582. The van der Waals surface area contributed by atoms with Gasteiger partial charge in [-0.15, -0.1) is 10.2 Å². The maximum Gasteiger partial charge on any atom is 0.445 e. The molecule has 1 heterocycles. The molecule has 0 bridgehead atoms. The molecule has 0 aliphatic heterocycles. The Hall–Kier alpha value is -2.60. The molecule has 0 fully saturated rings. The van der Waals surface area contributed by atoms with Crippen molar-refractivity contribution in [3.63, 3.8) is 0 Å². The number of carbonyl (C=O) groups is 2. The quantitative estimate of drug-likeness (QED) is 0.552. The number of amides is 2. The highest BCUT2D eigenvalue weighted by Gasteiger charge is 2.36. The average molecular weight is 378 g/mol. The SMILES string of the molecule is O=C(NCC(O)c1cccc(F)c1)C(=O)Nc1nnc(C(F)(F)F)s1. The summed E-state index contributed by atoms with van der Waals surface area (Å²) in [5.41, 5.74) is 0.180. The van der Waals surface area contributed by atoms with Crippen LogP contribution in [0, 0.1) is 5.82 Å². The number of carbonyl (C=O) groups excluding carboxylic acids is 2. The molecule has 3 N–H and O–H groups in total. The van der Waals surface area contributed by atoms with Gasteiger partial charge < -0.3 is 10.4 Å². The minimum absolute atomic E-state index is 0.0582. The van der Waals surface area contributed by atoms with E-state index in [0.29, 0.717) is 0 Å². The summed E-state index contributed by atoms with van der Waals surface area (Å²) in [5, 5.41) is 17.9. The van der Waals surface area contributed by atoms with Crippen LogP contribution in [0.3, 0.4) is 0 Å². The normalized spacial score (nSPS) is 12.5. The first-order chi connectivity index (χ1) is 11.7. The van der Waals surface area contributed by atoms with Gasteiger partial charge in [0.25, 0.3) is 0 Å². The van der Waals surface area contributed by atoms with Crippen molar-refractivity contribution in [2.75, 3.05) is 11.9 Å². The predicted octanol–water partition coefficient (Wildman–Crippen LogP) is 1.48. The zero-order valence-corrected chi connectivity index (χ0v) is 13.0. The van der Waals surface area contributed by atoms with Crippen LogP contribution in [0.4, 0.5) is 22.7 Å². The fraction of sp³-hybridized carbons (Fsp3) is 0.231. The van der Waals surface area contributed by atoms with Gasteiger partial charge in [0.05, 0.1) is 6.10 Å². The number of aliphatic hydroxyl groups is 1. The van der Waals surface area contributed by atoms with E-state index in [1.165, 1.54) is 18.2 Å². The van der Waals surface area contributed by atoms with Gasteiger partial charge >= 0.3 is 18.0 Å². The van der Waals surface area contributed by atoms with Gasteiger partial charge in [0.2, 0.25) is 10.1 Å². The molecular formula is C13H10F4N4O3S. The molecule has 1 aromatic carbocycles. The predicted molar refractivity (Wildman–Crippen MR) is 77.9 cm³/mol. The molecule has 0 saturated heterocycles. The molecule has 0 spiro atoms. The number of aliphatic hydroxyl groups excluding tert-OH is 1. The molecule has 2 amide bonds. The molecular weight excluding hydrogens is 368 g/mol. The van der Waals surface area contributed by atoms with Crippen molar-refractivity contribution in [2.45, 2.75) is 12.3 Å².